The molecule has 1 aliphatic rings. The van der Waals surface area contributed by atoms with Gasteiger partial charge in [-0.3, -0.25) is 9.59 Å². The van der Waals surface area contributed by atoms with Crippen LogP contribution in [0.3, 0.4) is 0 Å². The normalized spacial score (nSPS) is 15.3. The van der Waals surface area contributed by atoms with Gasteiger partial charge in [0.1, 0.15) is 0 Å². The molecule has 1 aromatic carbocycles. The maximum absolute atomic E-state index is 12.5. The van der Waals surface area contributed by atoms with Gasteiger partial charge in [0.25, 0.3) is 0 Å². The van der Waals surface area contributed by atoms with Gasteiger partial charge in [-0.2, -0.15) is 0 Å². The lowest BCUT2D eigenvalue weighted by Crippen LogP contribution is -2.36. The molecule has 0 spiro atoms. The van der Waals surface area contributed by atoms with Crippen LogP contribution in [0.15, 0.2) is 24.3 Å². The summed E-state index contributed by atoms with van der Waals surface area (Å²) >= 11 is 11.9. The Labute approximate surface area is 189 Å². The summed E-state index contributed by atoms with van der Waals surface area (Å²) in [6.45, 7) is 6.99. The number of rotatable bonds is 10. The van der Waals surface area contributed by atoms with Crippen molar-refractivity contribution in [3.8, 4) is 0 Å². The summed E-state index contributed by atoms with van der Waals surface area (Å²) in [5.41, 5.74) is 0.799. The van der Waals surface area contributed by atoms with Gasteiger partial charge in [0.2, 0.25) is 11.8 Å². The van der Waals surface area contributed by atoms with Crippen LogP contribution >= 0.6 is 23.2 Å². The first-order valence-corrected chi connectivity index (χ1v) is 11.2. The van der Waals surface area contributed by atoms with Crippen LogP contribution in [-0.2, 0) is 9.59 Å². The van der Waals surface area contributed by atoms with Crippen molar-refractivity contribution >= 4 is 41.1 Å². The predicted octanol–water partition coefficient (Wildman–Crippen LogP) is 3.16. The van der Waals surface area contributed by atoms with Gasteiger partial charge in [-0.25, -0.2) is 0 Å². The number of nitrogens with zero attached hydrogens (tertiary/aromatic N) is 3. The number of amides is 2. The van der Waals surface area contributed by atoms with Crippen LogP contribution in [0.1, 0.15) is 31.7 Å². The fourth-order valence-corrected chi connectivity index (χ4v) is 3.73. The zero-order chi connectivity index (χ0) is 21.9. The minimum absolute atomic E-state index is 0.0986. The highest BCUT2D eigenvalue weighted by Gasteiger charge is 2.22. The summed E-state index contributed by atoms with van der Waals surface area (Å²) in [5, 5.41) is 9.97. The molecule has 0 bridgehead atoms. The molecule has 0 saturated carbocycles. The number of halogens is 2. The second-order valence-corrected chi connectivity index (χ2v) is 8.14. The summed E-state index contributed by atoms with van der Waals surface area (Å²) in [6.07, 6.45) is 5.46. The Morgan fingerprint density at radius 3 is 2.67 bits per heavy atom. The smallest absolute Gasteiger partial charge is 0.246 e. The van der Waals surface area contributed by atoms with E-state index < -0.39 is 0 Å². The number of benzene rings is 1. The van der Waals surface area contributed by atoms with E-state index >= 15 is 0 Å². The van der Waals surface area contributed by atoms with Crippen LogP contribution in [0.4, 0.5) is 0 Å². The molecule has 1 N–H and O–H groups in total. The number of aliphatic hydroxyl groups is 1. The molecule has 0 aliphatic carbocycles. The van der Waals surface area contributed by atoms with E-state index in [1.54, 1.807) is 29.2 Å². The maximum Gasteiger partial charge on any atom is 0.246 e. The molecule has 1 aliphatic heterocycles. The highest BCUT2D eigenvalue weighted by atomic mass is 35.5. The lowest BCUT2D eigenvalue weighted by Gasteiger charge is -2.23. The molecule has 0 unspecified atom stereocenters. The van der Waals surface area contributed by atoms with E-state index in [9.17, 15) is 9.59 Å². The lowest BCUT2D eigenvalue weighted by molar-refractivity contribution is -0.130. The molecule has 8 heteroatoms. The summed E-state index contributed by atoms with van der Waals surface area (Å²) in [6, 6.07) is 5.20. The van der Waals surface area contributed by atoms with Crippen molar-refractivity contribution in [1.29, 1.82) is 0 Å². The number of aliphatic hydroxyl groups excluding tert-OH is 1. The maximum atomic E-state index is 12.5. The van der Waals surface area contributed by atoms with Crippen LogP contribution in [0.5, 0.6) is 0 Å². The Morgan fingerprint density at radius 1 is 1.17 bits per heavy atom. The molecule has 0 atom stereocenters. The summed E-state index contributed by atoms with van der Waals surface area (Å²) in [5.74, 6) is -0.0141. The third-order valence-electron chi connectivity index (χ3n) is 5.28. The molecule has 1 fully saturated rings. The molecule has 0 aromatic heterocycles. The van der Waals surface area contributed by atoms with E-state index in [0.29, 0.717) is 49.2 Å². The molecule has 2 rings (SSSR count). The van der Waals surface area contributed by atoms with Crippen LogP contribution in [0, 0.1) is 0 Å². The van der Waals surface area contributed by atoms with Gasteiger partial charge in [-0.1, -0.05) is 36.2 Å². The number of unbranched alkanes of at least 4 members (excludes halogenated alkanes) is 1. The van der Waals surface area contributed by atoms with Crippen LogP contribution in [0.25, 0.3) is 6.08 Å². The van der Waals surface area contributed by atoms with E-state index in [4.69, 9.17) is 28.3 Å². The van der Waals surface area contributed by atoms with Crippen LogP contribution in [-0.4, -0.2) is 84.0 Å². The Bertz CT molecular complexity index is 742. The van der Waals surface area contributed by atoms with Crippen molar-refractivity contribution in [3.63, 3.8) is 0 Å². The molecular weight excluding hydrogens is 425 g/mol. The second-order valence-electron chi connectivity index (χ2n) is 7.33. The van der Waals surface area contributed by atoms with Gasteiger partial charge in [-0.05, 0) is 49.7 Å². The molecule has 1 aromatic rings. The molecular formula is C22H31Cl2N3O3. The molecule has 0 radical (unpaired) electrons. The second kappa shape index (κ2) is 13.0. The fourth-order valence-electron chi connectivity index (χ4n) is 3.42. The SMILES string of the molecule is CCN(CCO)CCCCN1CCN(C(=O)/C=C/c2ccc(Cl)c(Cl)c2)CCC1=O. The average molecular weight is 456 g/mol. The van der Waals surface area contributed by atoms with Gasteiger partial charge in [0.05, 0.1) is 16.7 Å². The number of carbonyl (C=O) groups excluding carboxylic acids is 2. The standard InChI is InChI=1S/C22H31Cl2N3O3/c1-2-25(15-16-28)10-3-4-11-26-13-14-27(12-9-22(26)30)21(29)8-6-18-5-7-19(23)20(24)17-18/h5-8,17,28H,2-4,9-16H2,1H3/b8-6+. The number of carbonyl (C=O) groups is 2. The molecule has 2 amide bonds. The highest BCUT2D eigenvalue weighted by Crippen LogP contribution is 2.23. The van der Waals surface area contributed by atoms with E-state index in [1.807, 2.05) is 4.90 Å². The molecule has 1 heterocycles. The van der Waals surface area contributed by atoms with Gasteiger partial charge in [-0.15, -0.1) is 0 Å². The van der Waals surface area contributed by atoms with E-state index in [1.165, 1.54) is 6.08 Å². The van der Waals surface area contributed by atoms with Gasteiger partial charge >= 0.3 is 0 Å². The largest absolute Gasteiger partial charge is 0.395 e. The van der Waals surface area contributed by atoms with Crippen molar-refractivity contribution in [2.24, 2.45) is 0 Å². The van der Waals surface area contributed by atoms with Crippen molar-refractivity contribution in [3.05, 3.63) is 39.9 Å². The minimum atomic E-state index is -0.113. The molecule has 166 valence electrons. The number of hydrogen-bond acceptors (Lipinski definition) is 4. The Morgan fingerprint density at radius 2 is 1.97 bits per heavy atom. The van der Waals surface area contributed by atoms with Crippen molar-refractivity contribution in [2.45, 2.75) is 26.2 Å². The van der Waals surface area contributed by atoms with Crippen molar-refractivity contribution in [1.82, 2.24) is 14.7 Å². The Kier molecular flexibility index (Phi) is 10.6. The van der Waals surface area contributed by atoms with E-state index in [0.717, 1.165) is 31.5 Å². The number of hydrogen-bond donors (Lipinski definition) is 1. The number of likely N-dealkylation sites (N-methyl/N-ethyl adjacent to an activating group) is 1. The quantitative estimate of drug-likeness (QED) is 0.434. The molecule has 30 heavy (non-hydrogen) atoms. The van der Waals surface area contributed by atoms with Crippen LogP contribution < -0.4 is 0 Å². The monoisotopic (exact) mass is 455 g/mol. The van der Waals surface area contributed by atoms with Gasteiger partial charge in [0, 0.05) is 45.2 Å². The molecule has 6 nitrogen and oxygen atoms in total. The summed E-state index contributed by atoms with van der Waals surface area (Å²) in [4.78, 5) is 30.7. The van der Waals surface area contributed by atoms with E-state index in [-0.39, 0.29) is 18.4 Å². The van der Waals surface area contributed by atoms with Crippen molar-refractivity contribution < 1.29 is 14.7 Å². The van der Waals surface area contributed by atoms with Gasteiger partial charge in [0.15, 0.2) is 0 Å². The third-order valence-corrected chi connectivity index (χ3v) is 6.02. The summed E-state index contributed by atoms with van der Waals surface area (Å²) in [7, 11) is 0. The molecule has 1 saturated heterocycles. The summed E-state index contributed by atoms with van der Waals surface area (Å²) < 4.78 is 0. The van der Waals surface area contributed by atoms with E-state index in [2.05, 4.69) is 11.8 Å². The fraction of sp³-hybridized carbons (Fsp3) is 0.545. The predicted molar refractivity (Wildman–Crippen MR) is 122 cm³/mol. The minimum Gasteiger partial charge on any atom is -0.395 e. The Hall–Kier alpha value is -1.60. The first kappa shape index (κ1) is 24.7. The highest BCUT2D eigenvalue weighted by molar-refractivity contribution is 6.42. The zero-order valence-electron chi connectivity index (χ0n) is 17.5. The lowest BCUT2D eigenvalue weighted by atomic mass is 10.2. The third kappa shape index (κ3) is 7.91. The zero-order valence-corrected chi connectivity index (χ0v) is 19.0. The van der Waals surface area contributed by atoms with Gasteiger partial charge < -0.3 is 19.8 Å². The van der Waals surface area contributed by atoms with Crippen LogP contribution in [0.2, 0.25) is 10.0 Å². The first-order chi connectivity index (χ1) is 14.4. The topological polar surface area (TPSA) is 64.1 Å². The van der Waals surface area contributed by atoms with Crippen molar-refractivity contribution in [2.75, 3.05) is 52.4 Å². The Balaban J connectivity index is 1.80. The first-order valence-electron chi connectivity index (χ1n) is 10.5. The average Bonchev–Trinajstić information content (AvgIpc) is 2.92.